The fraction of sp³-hybridized carbons (Fsp3) is 0.857. The van der Waals surface area contributed by atoms with Crippen LogP contribution in [0.4, 0.5) is 0 Å². The number of carbonyl (C=O) groups excluding carboxylic acids is 2. The van der Waals surface area contributed by atoms with Crippen molar-refractivity contribution in [2.24, 2.45) is 11.8 Å². The molecule has 106 valence electrons. The van der Waals surface area contributed by atoms with Gasteiger partial charge in [-0.2, -0.15) is 0 Å². The quantitative estimate of drug-likeness (QED) is 0.471. The first kappa shape index (κ1) is 16.9. The Morgan fingerprint density at radius 3 is 1.78 bits per heavy atom. The van der Waals surface area contributed by atoms with E-state index in [0.717, 1.165) is 19.3 Å². The Kier molecular flexibility index (Phi) is 9.33. The number of hydrogen-bond donors (Lipinski definition) is 0. The van der Waals surface area contributed by atoms with Gasteiger partial charge in [-0.1, -0.05) is 33.1 Å². The third kappa shape index (κ3) is 6.03. The Morgan fingerprint density at radius 1 is 0.944 bits per heavy atom. The van der Waals surface area contributed by atoms with Gasteiger partial charge in [0.1, 0.15) is 0 Å². The van der Waals surface area contributed by atoms with Gasteiger partial charge in [0.25, 0.3) is 0 Å². The Balaban J connectivity index is 4.63. The van der Waals surface area contributed by atoms with E-state index in [2.05, 4.69) is 13.8 Å². The highest BCUT2D eigenvalue weighted by molar-refractivity contribution is 5.94. The van der Waals surface area contributed by atoms with E-state index in [0.29, 0.717) is 25.6 Å². The summed E-state index contributed by atoms with van der Waals surface area (Å²) in [4.78, 5) is 23.6. The normalized spacial score (nSPS) is 12.3. The standard InChI is InChI=1S/C14H26O4/c1-5-9-11(6-2)10-12(13(15)17-7-3)14(16)18-8-4/h11-12H,5-10H2,1-4H3. The van der Waals surface area contributed by atoms with Crippen molar-refractivity contribution in [3.8, 4) is 0 Å². The summed E-state index contributed by atoms with van der Waals surface area (Å²) in [5, 5.41) is 0. The first-order chi connectivity index (χ1) is 8.60. The number of carbonyl (C=O) groups is 2. The van der Waals surface area contributed by atoms with Crippen molar-refractivity contribution in [3.05, 3.63) is 0 Å². The average molecular weight is 258 g/mol. The van der Waals surface area contributed by atoms with Crippen molar-refractivity contribution in [1.29, 1.82) is 0 Å². The largest absolute Gasteiger partial charge is 0.465 e. The third-order valence-electron chi connectivity index (χ3n) is 2.99. The van der Waals surface area contributed by atoms with Gasteiger partial charge in [-0.15, -0.1) is 0 Å². The van der Waals surface area contributed by atoms with Crippen LogP contribution in [-0.4, -0.2) is 25.2 Å². The van der Waals surface area contributed by atoms with E-state index in [4.69, 9.17) is 9.47 Å². The van der Waals surface area contributed by atoms with Crippen molar-refractivity contribution >= 4 is 11.9 Å². The van der Waals surface area contributed by atoms with Crippen molar-refractivity contribution in [2.45, 2.75) is 53.4 Å². The maximum absolute atomic E-state index is 11.8. The van der Waals surface area contributed by atoms with Crippen LogP contribution >= 0.6 is 0 Å². The van der Waals surface area contributed by atoms with Crippen LogP contribution in [0.3, 0.4) is 0 Å². The predicted octanol–water partition coefficient (Wildman–Crippen LogP) is 2.95. The van der Waals surface area contributed by atoms with Crippen LogP contribution in [0.2, 0.25) is 0 Å². The van der Waals surface area contributed by atoms with Crippen molar-refractivity contribution in [2.75, 3.05) is 13.2 Å². The summed E-state index contributed by atoms with van der Waals surface area (Å²) in [7, 11) is 0. The van der Waals surface area contributed by atoms with Crippen LogP contribution in [0.5, 0.6) is 0 Å². The minimum Gasteiger partial charge on any atom is -0.465 e. The second-order valence-electron chi connectivity index (χ2n) is 4.36. The zero-order chi connectivity index (χ0) is 14.0. The lowest BCUT2D eigenvalue weighted by Gasteiger charge is -2.19. The zero-order valence-electron chi connectivity index (χ0n) is 12.0. The second-order valence-corrected chi connectivity index (χ2v) is 4.36. The molecule has 0 heterocycles. The van der Waals surface area contributed by atoms with Gasteiger partial charge in [0.05, 0.1) is 13.2 Å². The van der Waals surface area contributed by atoms with E-state index in [1.54, 1.807) is 13.8 Å². The molecule has 0 aliphatic rings. The van der Waals surface area contributed by atoms with Crippen molar-refractivity contribution in [1.82, 2.24) is 0 Å². The van der Waals surface area contributed by atoms with Gasteiger partial charge >= 0.3 is 11.9 Å². The molecular weight excluding hydrogens is 232 g/mol. The number of hydrogen-bond acceptors (Lipinski definition) is 4. The molecule has 0 aromatic heterocycles. The van der Waals surface area contributed by atoms with E-state index >= 15 is 0 Å². The Bertz CT molecular complexity index is 232. The van der Waals surface area contributed by atoms with Gasteiger partial charge in [-0.25, -0.2) is 0 Å². The Hall–Kier alpha value is -1.06. The highest BCUT2D eigenvalue weighted by Gasteiger charge is 2.31. The first-order valence-corrected chi connectivity index (χ1v) is 6.93. The van der Waals surface area contributed by atoms with Crippen LogP contribution < -0.4 is 0 Å². The van der Waals surface area contributed by atoms with E-state index in [9.17, 15) is 9.59 Å². The maximum Gasteiger partial charge on any atom is 0.320 e. The SMILES string of the molecule is CCCC(CC)CC(C(=O)OCC)C(=O)OCC. The molecule has 0 fully saturated rings. The lowest BCUT2D eigenvalue weighted by Crippen LogP contribution is -2.30. The third-order valence-corrected chi connectivity index (χ3v) is 2.99. The molecule has 0 saturated carbocycles. The molecule has 0 rings (SSSR count). The fourth-order valence-corrected chi connectivity index (χ4v) is 2.00. The monoisotopic (exact) mass is 258 g/mol. The number of rotatable bonds is 9. The molecule has 0 spiro atoms. The summed E-state index contributed by atoms with van der Waals surface area (Å²) in [6.07, 6.45) is 3.56. The fourth-order valence-electron chi connectivity index (χ4n) is 2.00. The van der Waals surface area contributed by atoms with E-state index < -0.39 is 17.9 Å². The van der Waals surface area contributed by atoms with Crippen LogP contribution in [0.15, 0.2) is 0 Å². The van der Waals surface area contributed by atoms with Crippen LogP contribution in [-0.2, 0) is 19.1 Å². The maximum atomic E-state index is 11.8. The summed E-state index contributed by atoms with van der Waals surface area (Å²) >= 11 is 0. The molecule has 0 amide bonds. The molecule has 0 aromatic carbocycles. The lowest BCUT2D eigenvalue weighted by molar-refractivity contribution is -0.162. The minimum absolute atomic E-state index is 0.291. The number of esters is 2. The molecular formula is C14H26O4. The van der Waals surface area contributed by atoms with Gasteiger partial charge in [-0.05, 0) is 26.2 Å². The molecule has 4 heteroatoms. The van der Waals surface area contributed by atoms with Gasteiger partial charge in [0.2, 0.25) is 0 Å². The molecule has 0 aromatic rings. The highest BCUT2D eigenvalue weighted by atomic mass is 16.6. The van der Waals surface area contributed by atoms with Crippen molar-refractivity contribution < 1.29 is 19.1 Å². The number of ether oxygens (including phenoxy) is 2. The highest BCUT2D eigenvalue weighted by Crippen LogP contribution is 2.22. The Morgan fingerprint density at radius 2 is 1.44 bits per heavy atom. The van der Waals surface area contributed by atoms with Crippen LogP contribution in [0, 0.1) is 11.8 Å². The molecule has 0 N–H and O–H groups in total. The van der Waals surface area contributed by atoms with E-state index in [1.165, 1.54) is 0 Å². The van der Waals surface area contributed by atoms with Crippen LogP contribution in [0.25, 0.3) is 0 Å². The smallest absolute Gasteiger partial charge is 0.320 e. The van der Waals surface area contributed by atoms with Gasteiger partial charge in [0, 0.05) is 0 Å². The van der Waals surface area contributed by atoms with E-state index in [1.807, 2.05) is 0 Å². The van der Waals surface area contributed by atoms with Crippen molar-refractivity contribution in [3.63, 3.8) is 0 Å². The summed E-state index contributed by atoms with van der Waals surface area (Å²) in [5.74, 6) is -1.30. The van der Waals surface area contributed by atoms with Gasteiger partial charge in [-0.3, -0.25) is 9.59 Å². The summed E-state index contributed by atoms with van der Waals surface area (Å²) in [6, 6.07) is 0. The molecule has 18 heavy (non-hydrogen) atoms. The topological polar surface area (TPSA) is 52.6 Å². The summed E-state index contributed by atoms with van der Waals surface area (Å²) < 4.78 is 9.91. The minimum atomic E-state index is -0.763. The molecule has 0 bridgehead atoms. The Labute approximate surface area is 110 Å². The second kappa shape index (κ2) is 9.92. The molecule has 0 radical (unpaired) electrons. The lowest BCUT2D eigenvalue weighted by atomic mass is 9.89. The van der Waals surface area contributed by atoms with E-state index in [-0.39, 0.29) is 0 Å². The van der Waals surface area contributed by atoms with Gasteiger partial charge in [0.15, 0.2) is 5.92 Å². The van der Waals surface area contributed by atoms with Gasteiger partial charge < -0.3 is 9.47 Å². The molecule has 0 saturated heterocycles. The average Bonchev–Trinajstić information content (AvgIpc) is 2.34. The summed E-state index contributed by atoms with van der Waals surface area (Å²) in [6.45, 7) is 8.24. The summed E-state index contributed by atoms with van der Waals surface area (Å²) in [5.41, 5.74) is 0. The predicted molar refractivity (Wildman–Crippen MR) is 70.1 cm³/mol. The van der Waals surface area contributed by atoms with Crippen LogP contribution in [0.1, 0.15) is 53.4 Å². The molecule has 1 atom stereocenters. The molecule has 0 aliphatic carbocycles. The molecule has 0 aliphatic heterocycles. The first-order valence-electron chi connectivity index (χ1n) is 6.93. The molecule has 1 unspecified atom stereocenters. The zero-order valence-corrected chi connectivity index (χ0v) is 12.0. The molecule has 4 nitrogen and oxygen atoms in total.